The fourth-order valence-corrected chi connectivity index (χ4v) is 3.08. The van der Waals surface area contributed by atoms with Gasteiger partial charge in [-0.3, -0.25) is 0 Å². The van der Waals surface area contributed by atoms with Crippen molar-refractivity contribution >= 4 is 5.97 Å². The number of esters is 1. The van der Waals surface area contributed by atoms with Gasteiger partial charge in [-0.05, 0) is 37.5 Å². The van der Waals surface area contributed by atoms with E-state index in [1.54, 1.807) is 0 Å². The number of carbonyl (C=O) groups excluding carboxylic acids is 1. The molecule has 0 N–H and O–H groups in total. The van der Waals surface area contributed by atoms with Crippen molar-refractivity contribution in [2.24, 2.45) is 0 Å². The number of hydrogen-bond donors (Lipinski definition) is 0. The zero-order valence-corrected chi connectivity index (χ0v) is 14.7. The van der Waals surface area contributed by atoms with Crippen molar-refractivity contribution in [3.8, 4) is 11.3 Å². The van der Waals surface area contributed by atoms with Crippen LogP contribution in [0.15, 0.2) is 66.7 Å². The van der Waals surface area contributed by atoms with Crippen LogP contribution in [0.25, 0.3) is 11.3 Å². The predicted molar refractivity (Wildman–Crippen MR) is 101 cm³/mol. The van der Waals surface area contributed by atoms with Crippen LogP contribution in [0, 0.1) is 6.92 Å². The summed E-state index contributed by atoms with van der Waals surface area (Å²) in [6, 6.07) is 22.5. The molecule has 25 heavy (non-hydrogen) atoms. The highest BCUT2D eigenvalue weighted by atomic mass is 16.5. The number of carbonyl (C=O) groups is 1. The maximum absolute atomic E-state index is 12.3. The van der Waals surface area contributed by atoms with Gasteiger partial charge in [-0.25, -0.2) is 4.79 Å². The monoisotopic (exact) mass is 333 g/mol. The van der Waals surface area contributed by atoms with Crippen LogP contribution >= 0.6 is 0 Å². The Bertz CT molecular complexity index is 835. The summed E-state index contributed by atoms with van der Waals surface area (Å²) in [5.74, 6) is -0.254. The molecule has 0 aliphatic carbocycles. The Hall–Kier alpha value is -2.81. The lowest BCUT2D eigenvalue weighted by Gasteiger charge is -2.12. The van der Waals surface area contributed by atoms with E-state index < -0.39 is 0 Å². The van der Waals surface area contributed by atoms with Crippen molar-refractivity contribution in [1.29, 1.82) is 0 Å². The van der Waals surface area contributed by atoms with Gasteiger partial charge in [-0.1, -0.05) is 60.7 Å². The normalized spacial score (nSPS) is 10.6. The number of aromatic nitrogens is 1. The highest BCUT2D eigenvalue weighted by Crippen LogP contribution is 2.27. The number of nitrogens with zero attached hydrogens (tertiary/aromatic N) is 1. The third-order valence-electron chi connectivity index (χ3n) is 4.40. The lowest BCUT2D eigenvalue weighted by atomic mass is 10.1. The first-order valence-corrected chi connectivity index (χ1v) is 8.67. The number of rotatable bonds is 6. The van der Waals surface area contributed by atoms with Gasteiger partial charge in [0.05, 0.1) is 12.2 Å². The lowest BCUT2D eigenvalue weighted by Crippen LogP contribution is -2.09. The summed E-state index contributed by atoms with van der Waals surface area (Å²) in [5.41, 5.74) is 5.04. The molecule has 2 aromatic carbocycles. The van der Waals surface area contributed by atoms with Crippen molar-refractivity contribution in [2.75, 3.05) is 6.61 Å². The SMILES string of the molecule is CCOC(=O)c1cc(-c2ccccc2)n(CCc2ccccc2)c1C. The Morgan fingerprint density at radius 3 is 2.28 bits per heavy atom. The van der Waals surface area contributed by atoms with Crippen LogP contribution in [0.2, 0.25) is 0 Å². The van der Waals surface area contributed by atoms with E-state index in [0.29, 0.717) is 12.2 Å². The van der Waals surface area contributed by atoms with Crippen molar-refractivity contribution in [2.45, 2.75) is 26.8 Å². The third kappa shape index (κ3) is 3.82. The molecular formula is C22H23NO2. The average molecular weight is 333 g/mol. The smallest absolute Gasteiger partial charge is 0.339 e. The van der Waals surface area contributed by atoms with Gasteiger partial charge < -0.3 is 9.30 Å². The Labute approximate surface area is 148 Å². The maximum atomic E-state index is 12.3. The molecule has 0 spiro atoms. The van der Waals surface area contributed by atoms with E-state index in [2.05, 4.69) is 41.0 Å². The molecule has 0 radical (unpaired) electrons. The van der Waals surface area contributed by atoms with Crippen molar-refractivity contribution < 1.29 is 9.53 Å². The van der Waals surface area contributed by atoms with Crippen LogP contribution < -0.4 is 0 Å². The summed E-state index contributed by atoms with van der Waals surface area (Å²) in [6.45, 7) is 5.02. The molecule has 0 aliphatic heterocycles. The van der Waals surface area contributed by atoms with E-state index in [4.69, 9.17) is 4.74 Å². The summed E-state index contributed by atoms with van der Waals surface area (Å²) in [5, 5.41) is 0. The quantitative estimate of drug-likeness (QED) is 0.602. The fourth-order valence-electron chi connectivity index (χ4n) is 3.08. The van der Waals surface area contributed by atoms with Crippen LogP contribution in [-0.4, -0.2) is 17.1 Å². The lowest BCUT2D eigenvalue weighted by molar-refractivity contribution is 0.0525. The molecule has 0 unspecified atom stereocenters. The second-order valence-electron chi connectivity index (χ2n) is 6.00. The Balaban J connectivity index is 1.97. The van der Waals surface area contributed by atoms with Crippen LogP contribution in [-0.2, 0) is 17.7 Å². The molecule has 3 rings (SSSR count). The summed E-state index contributed by atoms with van der Waals surface area (Å²) in [6.07, 6.45) is 0.915. The molecule has 3 aromatic rings. The highest BCUT2D eigenvalue weighted by molar-refractivity contribution is 5.92. The standard InChI is InChI=1S/C22H23NO2/c1-3-25-22(24)20-16-21(19-12-8-5-9-13-19)23(17(20)2)15-14-18-10-6-4-7-11-18/h4-13,16H,3,14-15H2,1-2H3. The van der Waals surface area contributed by atoms with Gasteiger partial charge in [-0.15, -0.1) is 0 Å². The molecule has 0 atom stereocenters. The van der Waals surface area contributed by atoms with E-state index in [1.807, 2.05) is 44.2 Å². The first kappa shape index (κ1) is 17.0. The molecule has 1 aromatic heterocycles. The van der Waals surface area contributed by atoms with E-state index >= 15 is 0 Å². The molecule has 3 heteroatoms. The van der Waals surface area contributed by atoms with E-state index in [9.17, 15) is 4.79 Å². The highest BCUT2D eigenvalue weighted by Gasteiger charge is 2.19. The molecule has 0 fully saturated rings. The zero-order valence-electron chi connectivity index (χ0n) is 14.7. The molecule has 0 saturated carbocycles. The fraction of sp³-hybridized carbons (Fsp3) is 0.227. The summed E-state index contributed by atoms with van der Waals surface area (Å²) in [4.78, 5) is 12.3. The molecule has 0 aliphatic rings. The van der Waals surface area contributed by atoms with Crippen LogP contribution in [0.4, 0.5) is 0 Å². The average Bonchev–Trinajstić information content (AvgIpc) is 2.98. The molecule has 0 bridgehead atoms. The van der Waals surface area contributed by atoms with E-state index in [0.717, 1.165) is 29.9 Å². The molecule has 1 heterocycles. The maximum Gasteiger partial charge on any atom is 0.339 e. The van der Waals surface area contributed by atoms with Crippen molar-refractivity contribution in [3.63, 3.8) is 0 Å². The van der Waals surface area contributed by atoms with Gasteiger partial charge in [0, 0.05) is 17.9 Å². The van der Waals surface area contributed by atoms with Gasteiger partial charge >= 0.3 is 5.97 Å². The van der Waals surface area contributed by atoms with Gasteiger partial charge in [0.1, 0.15) is 0 Å². The van der Waals surface area contributed by atoms with Gasteiger partial charge in [0.2, 0.25) is 0 Å². The third-order valence-corrected chi connectivity index (χ3v) is 4.40. The number of hydrogen-bond acceptors (Lipinski definition) is 2. The molecule has 3 nitrogen and oxygen atoms in total. The van der Waals surface area contributed by atoms with Crippen molar-refractivity contribution in [3.05, 3.63) is 83.6 Å². The minimum Gasteiger partial charge on any atom is -0.462 e. The van der Waals surface area contributed by atoms with Gasteiger partial charge in [0.15, 0.2) is 0 Å². The topological polar surface area (TPSA) is 31.2 Å². The van der Waals surface area contributed by atoms with E-state index in [1.165, 1.54) is 5.56 Å². The molecule has 128 valence electrons. The zero-order chi connectivity index (χ0) is 17.6. The van der Waals surface area contributed by atoms with Crippen LogP contribution in [0.5, 0.6) is 0 Å². The predicted octanol–water partition coefficient (Wildman–Crippen LogP) is 4.88. The largest absolute Gasteiger partial charge is 0.462 e. The minimum atomic E-state index is -0.254. The van der Waals surface area contributed by atoms with Gasteiger partial charge in [0.25, 0.3) is 0 Å². The minimum absolute atomic E-state index is 0.254. The Morgan fingerprint density at radius 2 is 1.64 bits per heavy atom. The van der Waals surface area contributed by atoms with Crippen LogP contribution in [0.3, 0.4) is 0 Å². The summed E-state index contributed by atoms with van der Waals surface area (Å²) >= 11 is 0. The second kappa shape index (κ2) is 7.84. The van der Waals surface area contributed by atoms with Gasteiger partial charge in [-0.2, -0.15) is 0 Å². The number of aryl methyl sites for hydroxylation is 1. The Kier molecular flexibility index (Phi) is 5.34. The second-order valence-corrected chi connectivity index (χ2v) is 6.00. The summed E-state index contributed by atoms with van der Waals surface area (Å²) < 4.78 is 7.44. The molecule has 0 saturated heterocycles. The van der Waals surface area contributed by atoms with Crippen LogP contribution in [0.1, 0.15) is 28.5 Å². The molecular weight excluding hydrogens is 310 g/mol. The first-order valence-electron chi connectivity index (χ1n) is 8.67. The number of ether oxygens (including phenoxy) is 1. The first-order chi connectivity index (χ1) is 12.2. The molecule has 0 amide bonds. The Morgan fingerprint density at radius 1 is 1.00 bits per heavy atom. The number of benzene rings is 2. The summed E-state index contributed by atoms with van der Waals surface area (Å²) in [7, 11) is 0. The van der Waals surface area contributed by atoms with E-state index in [-0.39, 0.29) is 5.97 Å². The van der Waals surface area contributed by atoms with Crippen molar-refractivity contribution in [1.82, 2.24) is 4.57 Å².